The highest BCUT2D eigenvalue weighted by Gasteiger charge is 2.16. The van der Waals surface area contributed by atoms with E-state index in [-0.39, 0.29) is 0 Å². The lowest BCUT2D eigenvalue weighted by molar-refractivity contribution is 0.0525. The summed E-state index contributed by atoms with van der Waals surface area (Å²) < 4.78 is 6.59. The molecule has 0 fully saturated rings. The Hall–Kier alpha value is -2.44. The molecular formula is C13H17N5O2. The first-order chi connectivity index (χ1) is 9.52. The summed E-state index contributed by atoms with van der Waals surface area (Å²) in [6.45, 7) is 3.85. The molecule has 0 spiro atoms. The molecule has 0 radical (unpaired) electrons. The van der Waals surface area contributed by atoms with Crippen LogP contribution in [0.2, 0.25) is 0 Å². The molecule has 0 saturated carbocycles. The molecule has 7 nitrogen and oxygen atoms in total. The summed E-state index contributed by atoms with van der Waals surface area (Å²) >= 11 is 0. The Bertz CT molecular complexity index is 660. The van der Waals surface area contributed by atoms with Crippen molar-refractivity contribution in [2.45, 2.75) is 13.8 Å². The summed E-state index contributed by atoms with van der Waals surface area (Å²) in [4.78, 5) is 22.2. The van der Waals surface area contributed by atoms with Gasteiger partial charge in [0.2, 0.25) is 0 Å². The summed E-state index contributed by atoms with van der Waals surface area (Å²) in [6, 6.07) is 0. The maximum atomic E-state index is 12.0. The minimum absolute atomic E-state index is 0.310. The molecule has 2 rings (SSSR count). The average molecular weight is 275 g/mol. The lowest BCUT2D eigenvalue weighted by Crippen LogP contribution is -2.12. The van der Waals surface area contributed by atoms with Crippen LogP contribution in [0.15, 0.2) is 12.4 Å². The zero-order valence-corrected chi connectivity index (χ0v) is 12.0. The van der Waals surface area contributed by atoms with E-state index in [0.717, 1.165) is 0 Å². The summed E-state index contributed by atoms with van der Waals surface area (Å²) in [5, 5.41) is 4.26. The smallest absolute Gasteiger partial charge is 0.341 e. The molecule has 0 amide bonds. The summed E-state index contributed by atoms with van der Waals surface area (Å²) in [5.41, 5.74) is 0.963. The Morgan fingerprint density at radius 2 is 2.25 bits per heavy atom. The number of rotatable bonds is 4. The maximum absolute atomic E-state index is 12.0. The number of hydrogen-bond donors (Lipinski definition) is 0. The molecule has 0 atom stereocenters. The lowest BCUT2D eigenvalue weighted by Gasteiger charge is -2.08. The quantitative estimate of drug-likeness (QED) is 0.779. The van der Waals surface area contributed by atoms with E-state index < -0.39 is 5.97 Å². The molecular weight excluding hydrogens is 258 g/mol. The molecule has 106 valence electrons. The SMILES string of the molecule is CCOC(=O)c1cnc2nc(C)nn2c1/C=C/N(C)C. The van der Waals surface area contributed by atoms with Crippen LogP contribution in [-0.2, 0) is 4.74 Å². The fraction of sp³-hybridized carbons (Fsp3) is 0.385. The van der Waals surface area contributed by atoms with Crippen LogP contribution >= 0.6 is 0 Å². The van der Waals surface area contributed by atoms with Crippen LogP contribution < -0.4 is 0 Å². The van der Waals surface area contributed by atoms with Gasteiger partial charge in [0.25, 0.3) is 5.78 Å². The Morgan fingerprint density at radius 1 is 1.50 bits per heavy atom. The van der Waals surface area contributed by atoms with Gasteiger partial charge in [-0.25, -0.2) is 9.78 Å². The van der Waals surface area contributed by atoms with Crippen LogP contribution in [0.3, 0.4) is 0 Å². The highest BCUT2D eigenvalue weighted by atomic mass is 16.5. The van der Waals surface area contributed by atoms with E-state index in [0.29, 0.717) is 29.5 Å². The Kier molecular flexibility index (Phi) is 3.97. The van der Waals surface area contributed by atoms with Gasteiger partial charge in [-0.15, -0.1) is 5.10 Å². The molecule has 7 heteroatoms. The number of ether oxygens (including phenoxy) is 1. The second-order valence-corrected chi connectivity index (χ2v) is 4.43. The normalized spacial score (nSPS) is 11.2. The predicted octanol–water partition coefficient (Wildman–Crippen LogP) is 1.14. The fourth-order valence-corrected chi connectivity index (χ4v) is 1.70. The molecule has 2 aromatic rings. The third-order valence-corrected chi connectivity index (χ3v) is 2.54. The molecule has 20 heavy (non-hydrogen) atoms. The second kappa shape index (κ2) is 5.68. The molecule has 0 aliphatic rings. The molecule has 0 bridgehead atoms. The van der Waals surface area contributed by atoms with E-state index in [1.807, 2.05) is 25.2 Å². The van der Waals surface area contributed by atoms with Crippen LogP contribution in [0, 0.1) is 6.92 Å². The first kappa shape index (κ1) is 14.0. The number of aryl methyl sites for hydroxylation is 1. The van der Waals surface area contributed by atoms with Gasteiger partial charge in [-0.3, -0.25) is 0 Å². The van der Waals surface area contributed by atoms with E-state index in [4.69, 9.17) is 4.74 Å². The number of fused-ring (bicyclic) bond motifs is 1. The second-order valence-electron chi connectivity index (χ2n) is 4.43. The van der Waals surface area contributed by atoms with Crippen molar-refractivity contribution in [1.82, 2.24) is 24.5 Å². The minimum Gasteiger partial charge on any atom is -0.462 e. The van der Waals surface area contributed by atoms with E-state index >= 15 is 0 Å². The summed E-state index contributed by atoms with van der Waals surface area (Å²) in [5.74, 6) is 0.625. The van der Waals surface area contributed by atoms with Gasteiger partial charge in [0.15, 0.2) is 0 Å². The summed E-state index contributed by atoms with van der Waals surface area (Å²) in [7, 11) is 3.79. The number of hydrogen-bond acceptors (Lipinski definition) is 6. The van der Waals surface area contributed by atoms with E-state index in [1.54, 1.807) is 24.4 Å². The van der Waals surface area contributed by atoms with E-state index in [1.165, 1.54) is 6.20 Å². The van der Waals surface area contributed by atoms with Crippen molar-refractivity contribution >= 4 is 17.8 Å². The third kappa shape index (κ3) is 2.76. The van der Waals surface area contributed by atoms with Gasteiger partial charge in [0.1, 0.15) is 11.4 Å². The van der Waals surface area contributed by atoms with Crippen LogP contribution in [0.4, 0.5) is 0 Å². The Balaban J connectivity index is 2.61. The van der Waals surface area contributed by atoms with Crippen molar-refractivity contribution in [3.63, 3.8) is 0 Å². The van der Waals surface area contributed by atoms with Gasteiger partial charge >= 0.3 is 5.97 Å². The standard InChI is InChI=1S/C13H17N5O2/c1-5-20-12(19)10-8-14-13-15-9(2)16-18(13)11(10)6-7-17(3)4/h6-8H,5H2,1-4H3/b7-6+. The molecule has 0 N–H and O–H groups in total. The largest absolute Gasteiger partial charge is 0.462 e. The molecule has 0 aromatic carbocycles. The zero-order valence-electron chi connectivity index (χ0n) is 12.0. The molecule has 0 saturated heterocycles. The predicted molar refractivity (Wildman–Crippen MR) is 74.2 cm³/mol. The first-order valence-electron chi connectivity index (χ1n) is 6.27. The summed E-state index contributed by atoms with van der Waals surface area (Å²) in [6.07, 6.45) is 5.08. The molecule has 0 unspecified atom stereocenters. The number of aromatic nitrogens is 4. The first-order valence-corrected chi connectivity index (χ1v) is 6.27. The van der Waals surface area contributed by atoms with Crippen molar-refractivity contribution in [3.8, 4) is 0 Å². The molecule has 2 aromatic heterocycles. The average Bonchev–Trinajstić information content (AvgIpc) is 2.76. The number of carbonyl (C=O) groups excluding carboxylic acids is 1. The zero-order chi connectivity index (χ0) is 14.7. The van der Waals surface area contributed by atoms with Crippen molar-refractivity contribution in [2.24, 2.45) is 0 Å². The minimum atomic E-state index is -0.423. The van der Waals surface area contributed by atoms with Crippen molar-refractivity contribution < 1.29 is 9.53 Å². The van der Waals surface area contributed by atoms with Gasteiger partial charge in [0.05, 0.1) is 12.3 Å². The van der Waals surface area contributed by atoms with Crippen LogP contribution in [0.5, 0.6) is 0 Å². The fourth-order valence-electron chi connectivity index (χ4n) is 1.70. The highest BCUT2D eigenvalue weighted by Crippen LogP contribution is 2.13. The molecule has 0 aliphatic carbocycles. The molecule has 2 heterocycles. The van der Waals surface area contributed by atoms with Crippen LogP contribution in [0.1, 0.15) is 28.8 Å². The Labute approximate surface area is 116 Å². The van der Waals surface area contributed by atoms with Gasteiger partial charge in [-0.2, -0.15) is 9.50 Å². The lowest BCUT2D eigenvalue weighted by atomic mass is 10.2. The van der Waals surface area contributed by atoms with Gasteiger partial charge in [0, 0.05) is 26.5 Å². The topological polar surface area (TPSA) is 72.6 Å². The number of esters is 1. The van der Waals surface area contributed by atoms with E-state index in [9.17, 15) is 4.79 Å². The van der Waals surface area contributed by atoms with E-state index in [2.05, 4.69) is 15.1 Å². The van der Waals surface area contributed by atoms with Crippen molar-refractivity contribution in [2.75, 3.05) is 20.7 Å². The van der Waals surface area contributed by atoms with Crippen LogP contribution in [0.25, 0.3) is 11.9 Å². The number of carbonyl (C=O) groups is 1. The van der Waals surface area contributed by atoms with Gasteiger partial charge in [-0.05, 0) is 19.9 Å². The third-order valence-electron chi connectivity index (χ3n) is 2.54. The highest BCUT2D eigenvalue weighted by molar-refractivity contribution is 5.92. The number of nitrogens with zero attached hydrogens (tertiary/aromatic N) is 5. The monoisotopic (exact) mass is 275 g/mol. The van der Waals surface area contributed by atoms with Gasteiger partial charge in [-0.1, -0.05) is 0 Å². The van der Waals surface area contributed by atoms with Crippen molar-refractivity contribution in [3.05, 3.63) is 29.5 Å². The van der Waals surface area contributed by atoms with Gasteiger partial charge < -0.3 is 9.64 Å². The Morgan fingerprint density at radius 3 is 2.90 bits per heavy atom. The van der Waals surface area contributed by atoms with Crippen LogP contribution in [-0.4, -0.2) is 51.2 Å². The van der Waals surface area contributed by atoms with Crippen molar-refractivity contribution in [1.29, 1.82) is 0 Å². The molecule has 0 aliphatic heterocycles. The maximum Gasteiger partial charge on any atom is 0.341 e.